The van der Waals surface area contributed by atoms with Gasteiger partial charge in [0.2, 0.25) is 3.79 Å². The van der Waals surface area contributed by atoms with Gasteiger partial charge in [0, 0.05) is 0 Å². The Labute approximate surface area is 124 Å². The number of ether oxygens (including phenoxy) is 1. The van der Waals surface area contributed by atoms with E-state index >= 15 is 0 Å². The van der Waals surface area contributed by atoms with Gasteiger partial charge in [-0.05, 0) is 12.1 Å². The fraction of sp³-hybridized carbons (Fsp3) is 0.182. The lowest BCUT2D eigenvalue weighted by Gasteiger charge is -2.25. The number of para-hydroxylation sites is 1. The SMILES string of the molecule is COC(=O)C(=O)N(C(=N)C(Cl)(Cl)Cl)c1ccccc1. The van der Waals surface area contributed by atoms with Gasteiger partial charge in [-0.2, -0.15) is 0 Å². The molecular weight excluding hydrogens is 314 g/mol. The lowest BCUT2D eigenvalue weighted by molar-refractivity contribution is -0.150. The molecule has 0 atom stereocenters. The molecule has 0 radical (unpaired) electrons. The van der Waals surface area contributed by atoms with Crippen molar-refractivity contribution in [1.82, 2.24) is 0 Å². The Morgan fingerprint density at radius 3 is 2.16 bits per heavy atom. The molecule has 0 bridgehead atoms. The molecule has 5 nitrogen and oxygen atoms in total. The fourth-order valence-corrected chi connectivity index (χ4v) is 1.48. The second-order valence-electron chi connectivity index (χ2n) is 3.31. The molecule has 8 heteroatoms. The predicted molar refractivity (Wildman–Crippen MR) is 74.0 cm³/mol. The van der Waals surface area contributed by atoms with Crippen LogP contribution in [0.4, 0.5) is 5.69 Å². The van der Waals surface area contributed by atoms with Crippen LogP contribution in [-0.4, -0.2) is 28.6 Å². The van der Waals surface area contributed by atoms with Crippen LogP contribution in [0, 0.1) is 5.41 Å². The third-order valence-corrected chi connectivity index (χ3v) is 2.61. The van der Waals surface area contributed by atoms with Crippen molar-refractivity contribution in [2.45, 2.75) is 3.79 Å². The van der Waals surface area contributed by atoms with E-state index in [4.69, 9.17) is 40.2 Å². The van der Waals surface area contributed by atoms with Gasteiger partial charge in [-0.25, -0.2) is 4.79 Å². The van der Waals surface area contributed by atoms with Gasteiger partial charge in [-0.3, -0.25) is 15.1 Å². The topological polar surface area (TPSA) is 70.5 Å². The van der Waals surface area contributed by atoms with Crippen LogP contribution in [-0.2, 0) is 14.3 Å². The number of nitrogens with one attached hydrogen (secondary N) is 1. The number of hydrogen-bond acceptors (Lipinski definition) is 4. The molecule has 0 fully saturated rings. The first-order valence-electron chi connectivity index (χ1n) is 4.92. The summed E-state index contributed by atoms with van der Waals surface area (Å²) in [6.45, 7) is 0. The number of benzene rings is 1. The van der Waals surface area contributed by atoms with Crippen LogP contribution in [0.2, 0.25) is 0 Å². The second kappa shape index (κ2) is 6.23. The number of carbonyl (C=O) groups is 2. The summed E-state index contributed by atoms with van der Waals surface area (Å²) in [5.74, 6) is -2.95. The van der Waals surface area contributed by atoms with Gasteiger partial charge in [0.15, 0.2) is 5.84 Å². The Morgan fingerprint density at radius 2 is 1.74 bits per heavy atom. The van der Waals surface area contributed by atoms with Gasteiger partial charge in [-0.15, -0.1) is 0 Å². The zero-order valence-corrected chi connectivity index (χ0v) is 12.0. The monoisotopic (exact) mass is 322 g/mol. The third kappa shape index (κ3) is 3.83. The molecular formula is C11H9Cl3N2O3. The van der Waals surface area contributed by atoms with Crippen molar-refractivity contribution in [2.75, 3.05) is 12.0 Å². The number of rotatable bonds is 1. The van der Waals surface area contributed by atoms with Crippen LogP contribution >= 0.6 is 34.8 Å². The van der Waals surface area contributed by atoms with E-state index in [0.29, 0.717) is 4.90 Å². The van der Waals surface area contributed by atoms with Crippen molar-refractivity contribution in [3.8, 4) is 0 Å². The van der Waals surface area contributed by atoms with E-state index in [1.165, 1.54) is 12.1 Å². The van der Waals surface area contributed by atoms with Crippen LogP contribution in [0.1, 0.15) is 0 Å². The number of nitrogens with zero attached hydrogens (tertiary/aromatic N) is 1. The molecule has 0 heterocycles. The highest BCUT2D eigenvalue weighted by Gasteiger charge is 2.38. The van der Waals surface area contributed by atoms with Crippen molar-refractivity contribution in [2.24, 2.45) is 0 Å². The van der Waals surface area contributed by atoms with E-state index in [2.05, 4.69) is 4.74 Å². The van der Waals surface area contributed by atoms with Gasteiger partial charge in [0.1, 0.15) is 0 Å². The number of hydrogen-bond donors (Lipinski definition) is 1. The number of alkyl halides is 3. The molecule has 0 saturated heterocycles. The molecule has 0 spiro atoms. The van der Waals surface area contributed by atoms with E-state index in [1.54, 1.807) is 18.2 Å². The Morgan fingerprint density at radius 1 is 1.21 bits per heavy atom. The number of amidine groups is 1. The molecule has 0 aliphatic heterocycles. The normalized spacial score (nSPS) is 10.7. The number of esters is 1. The molecule has 1 rings (SSSR count). The summed E-state index contributed by atoms with van der Waals surface area (Å²) in [6, 6.07) is 7.90. The standard InChI is InChI=1S/C11H9Cl3N2O3/c1-19-9(18)8(17)16(10(15)11(12,13)14)7-5-3-2-4-6-7/h2-6,15H,1H3. The summed E-state index contributed by atoms with van der Waals surface area (Å²) < 4.78 is 2.17. The summed E-state index contributed by atoms with van der Waals surface area (Å²) in [4.78, 5) is 23.9. The highest BCUT2D eigenvalue weighted by molar-refractivity contribution is 6.78. The minimum Gasteiger partial charge on any atom is -0.462 e. The summed E-state index contributed by atoms with van der Waals surface area (Å²) >= 11 is 16.7. The van der Waals surface area contributed by atoms with Crippen molar-refractivity contribution < 1.29 is 14.3 Å². The van der Waals surface area contributed by atoms with Crippen LogP contribution in [0.5, 0.6) is 0 Å². The Hall–Kier alpha value is -1.30. The van der Waals surface area contributed by atoms with Gasteiger partial charge in [0.05, 0.1) is 12.8 Å². The first kappa shape index (κ1) is 15.8. The van der Waals surface area contributed by atoms with E-state index in [9.17, 15) is 9.59 Å². The quantitative estimate of drug-likeness (QED) is 0.284. The van der Waals surface area contributed by atoms with Crippen LogP contribution in [0.25, 0.3) is 0 Å². The average Bonchev–Trinajstić information content (AvgIpc) is 2.38. The maximum atomic E-state index is 11.9. The van der Waals surface area contributed by atoms with E-state index in [1.807, 2.05) is 0 Å². The average molecular weight is 324 g/mol. The lowest BCUT2D eigenvalue weighted by Crippen LogP contribution is -2.46. The molecule has 1 amide bonds. The predicted octanol–water partition coefficient (Wildman–Crippen LogP) is 2.54. The van der Waals surface area contributed by atoms with E-state index in [-0.39, 0.29) is 5.69 Å². The summed E-state index contributed by atoms with van der Waals surface area (Å²) in [7, 11) is 1.04. The molecule has 1 aromatic carbocycles. The lowest BCUT2D eigenvalue weighted by atomic mass is 10.2. The molecule has 0 aliphatic rings. The Balaban J connectivity index is 3.24. The van der Waals surface area contributed by atoms with Crippen LogP contribution in [0.3, 0.4) is 0 Å². The van der Waals surface area contributed by atoms with Crippen molar-refractivity contribution in [1.29, 1.82) is 5.41 Å². The number of halogens is 3. The zero-order valence-electron chi connectivity index (χ0n) is 9.69. The van der Waals surface area contributed by atoms with Gasteiger partial charge < -0.3 is 4.74 Å². The number of amides is 1. The highest BCUT2D eigenvalue weighted by atomic mass is 35.6. The molecule has 0 unspecified atom stereocenters. The molecule has 0 saturated carbocycles. The number of carbonyl (C=O) groups excluding carboxylic acids is 2. The maximum Gasteiger partial charge on any atom is 0.397 e. The number of methoxy groups -OCH3 is 1. The minimum absolute atomic E-state index is 0.217. The number of anilines is 1. The van der Waals surface area contributed by atoms with Crippen molar-refractivity contribution in [3.63, 3.8) is 0 Å². The van der Waals surface area contributed by atoms with E-state index < -0.39 is 21.5 Å². The summed E-state index contributed by atoms with van der Waals surface area (Å²) in [5, 5.41) is 7.74. The molecule has 1 aromatic rings. The molecule has 1 N–H and O–H groups in total. The summed E-state index contributed by atoms with van der Waals surface area (Å²) in [5.41, 5.74) is 0.217. The minimum atomic E-state index is -2.15. The van der Waals surface area contributed by atoms with Gasteiger partial charge in [-0.1, -0.05) is 53.0 Å². The third-order valence-electron chi connectivity index (χ3n) is 2.07. The second-order valence-corrected chi connectivity index (χ2v) is 5.60. The van der Waals surface area contributed by atoms with Crippen molar-refractivity contribution >= 4 is 58.2 Å². The maximum absolute atomic E-state index is 11.9. The first-order chi connectivity index (χ1) is 8.79. The van der Waals surface area contributed by atoms with Crippen molar-refractivity contribution in [3.05, 3.63) is 30.3 Å². The molecule has 19 heavy (non-hydrogen) atoms. The summed E-state index contributed by atoms with van der Waals surface area (Å²) in [6.07, 6.45) is 0. The van der Waals surface area contributed by atoms with E-state index in [0.717, 1.165) is 7.11 Å². The Bertz CT molecular complexity index is 500. The Kier molecular flexibility index (Phi) is 5.17. The smallest absolute Gasteiger partial charge is 0.397 e. The fourth-order valence-electron chi connectivity index (χ4n) is 1.23. The molecule has 102 valence electrons. The molecule has 0 aromatic heterocycles. The largest absolute Gasteiger partial charge is 0.462 e. The zero-order chi connectivity index (χ0) is 14.6. The molecule has 0 aliphatic carbocycles. The first-order valence-corrected chi connectivity index (χ1v) is 6.05. The van der Waals surface area contributed by atoms with Crippen LogP contribution < -0.4 is 4.90 Å². The van der Waals surface area contributed by atoms with Crippen LogP contribution in [0.15, 0.2) is 30.3 Å². The van der Waals surface area contributed by atoms with Gasteiger partial charge in [0.25, 0.3) is 0 Å². The van der Waals surface area contributed by atoms with Gasteiger partial charge >= 0.3 is 11.9 Å². The highest BCUT2D eigenvalue weighted by Crippen LogP contribution is 2.31.